The molecule has 8 heteroatoms. The highest BCUT2D eigenvalue weighted by atomic mass is 32.1. The number of aryl methyl sites for hydroxylation is 2. The van der Waals surface area contributed by atoms with Crippen LogP contribution in [0.15, 0.2) is 41.5 Å². The fraction of sp³-hybridized carbons (Fsp3) is 0.222. The van der Waals surface area contributed by atoms with Crippen molar-refractivity contribution in [2.75, 3.05) is 6.54 Å². The molecular formula is C18H17N5O2S. The topological polar surface area (TPSA) is 81.3 Å². The molecule has 0 aliphatic carbocycles. The van der Waals surface area contributed by atoms with E-state index in [0.29, 0.717) is 17.9 Å². The lowest BCUT2D eigenvalue weighted by molar-refractivity contribution is 0.0952. The van der Waals surface area contributed by atoms with Crippen LogP contribution in [-0.4, -0.2) is 31.4 Å². The molecule has 0 saturated carbocycles. The van der Waals surface area contributed by atoms with Gasteiger partial charge in [-0.1, -0.05) is 12.1 Å². The number of rotatable bonds is 4. The number of imidazole rings is 1. The predicted molar refractivity (Wildman–Crippen MR) is 101 cm³/mol. The van der Waals surface area contributed by atoms with Crippen LogP contribution in [0.4, 0.5) is 0 Å². The Balaban J connectivity index is 1.49. The molecule has 0 spiro atoms. The van der Waals surface area contributed by atoms with Crippen LogP contribution in [0.3, 0.4) is 0 Å². The molecule has 1 N–H and O–H groups in total. The first-order valence-electron chi connectivity index (χ1n) is 8.21. The van der Waals surface area contributed by atoms with Crippen LogP contribution >= 0.6 is 11.3 Å². The molecule has 0 unspecified atom stereocenters. The van der Waals surface area contributed by atoms with Crippen LogP contribution in [0.5, 0.6) is 0 Å². The highest BCUT2D eigenvalue weighted by molar-refractivity contribution is 7.16. The minimum absolute atomic E-state index is 0.0466. The summed E-state index contributed by atoms with van der Waals surface area (Å²) >= 11 is 1.41. The summed E-state index contributed by atoms with van der Waals surface area (Å²) in [7, 11) is 1.95. The van der Waals surface area contributed by atoms with Gasteiger partial charge in [0.05, 0.1) is 11.0 Å². The Bertz CT molecular complexity index is 1190. The second-order valence-corrected chi connectivity index (χ2v) is 7.27. The maximum absolute atomic E-state index is 12.4. The summed E-state index contributed by atoms with van der Waals surface area (Å²) in [5.41, 5.74) is 1.68. The minimum Gasteiger partial charge on any atom is -0.351 e. The summed E-state index contributed by atoms with van der Waals surface area (Å²) in [6.07, 6.45) is 3.62. The lowest BCUT2D eigenvalue weighted by atomic mass is 10.3. The summed E-state index contributed by atoms with van der Waals surface area (Å²) in [5.74, 6) is 0.463. The number of carbonyl (C=O) groups is 1. The summed E-state index contributed by atoms with van der Waals surface area (Å²) in [6, 6.07) is 7.89. The number of fused-ring (bicyclic) bond motifs is 2. The van der Waals surface area contributed by atoms with Crippen LogP contribution in [0, 0.1) is 6.92 Å². The Labute approximate surface area is 152 Å². The molecule has 26 heavy (non-hydrogen) atoms. The van der Waals surface area contributed by atoms with Crippen molar-refractivity contribution in [1.29, 1.82) is 0 Å². The van der Waals surface area contributed by atoms with Crippen molar-refractivity contribution in [1.82, 2.24) is 24.3 Å². The molecule has 0 fully saturated rings. The van der Waals surface area contributed by atoms with Crippen molar-refractivity contribution in [3.8, 4) is 0 Å². The summed E-state index contributed by atoms with van der Waals surface area (Å²) in [4.78, 5) is 35.1. The number of nitrogens with one attached hydrogen (secondary N) is 1. The zero-order chi connectivity index (χ0) is 18.3. The normalized spacial score (nSPS) is 11.3. The Morgan fingerprint density at radius 2 is 2.12 bits per heavy atom. The first-order chi connectivity index (χ1) is 12.5. The molecule has 0 aliphatic heterocycles. The van der Waals surface area contributed by atoms with E-state index in [-0.39, 0.29) is 11.1 Å². The lowest BCUT2D eigenvalue weighted by Gasteiger charge is -2.05. The van der Waals surface area contributed by atoms with Gasteiger partial charge in [-0.25, -0.2) is 9.97 Å². The van der Waals surface area contributed by atoms with Crippen molar-refractivity contribution in [2.24, 2.45) is 7.05 Å². The number of hydrogen-bond donors (Lipinski definition) is 1. The largest absolute Gasteiger partial charge is 0.351 e. The third kappa shape index (κ3) is 2.78. The van der Waals surface area contributed by atoms with Gasteiger partial charge in [0, 0.05) is 37.3 Å². The zero-order valence-electron chi connectivity index (χ0n) is 14.4. The van der Waals surface area contributed by atoms with Gasteiger partial charge < -0.3 is 9.88 Å². The summed E-state index contributed by atoms with van der Waals surface area (Å²) in [5, 5.41) is 2.79. The van der Waals surface area contributed by atoms with E-state index in [0.717, 1.165) is 21.7 Å². The van der Waals surface area contributed by atoms with Gasteiger partial charge in [-0.15, -0.1) is 11.3 Å². The predicted octanol–water partition coefficient (Wildman–Crippen LogP) is 1.92. The minimum atomic E-state index is -0.417. The molecule has 3 heterocycles. The number of aromatic nitrogens is 4. The summed E-state index contributed by atoms with van der Waals surface area (Å²) in [6.45, 7) is 2.29. The highest BCUT2D eigenvalue weighted by Crippen LogP contribution is 2.14. The third-order valence-corrected chi connectivity index (χ3v) is 5.19. The van der Waals surface area contributed by atoms with Crippen molar-refractivity contribution in [3.63, 3.8) is 0 Å². The smallest absolute Gasteiger partial charge is 0.271 e. The van der Waals surface area contributed by atoms with Crippen molar-refractivity contribution < 1.29 is 4.79 Å². The van der Waals surface area contributed by atoms with Gasteiger partial charge in [-0.2, -0.15) is 0 Å². The molecule has 3 aromatic heterocycles. The van der Waals surface area contributed by atoms with Crippen LogP contribution in [0.2, 0.25) is 0 Å². The molecule has 1 aromatic carbocycles. The zero-order valence-corrected chi connectivity index (χ0v) is 15.2. The second kappa shape index (κ2) is 6.38. The number of amides is 1. The van der Waals surface area contributed by atoms with Crippen LogP contribution < -0.4 is 10.9 Å². The van der Waals surface area contributed by atoms with Crippen molar-refractivity contribution >= 4 is 33.2 Å². The van der Waals surface area contributed by atoms with Gasteiger partial charge in [-0.3, -0.25) is 14.0 Å². The van der Waals surface area contributed by atoms with E-state index in [1.807, 2.05) is 42.8 Å². The SMILES string of the molecule is Cc1cn2c(=O)c(C(=O)NCCc3nc4ccccc4n3C)cnc2s1. The number of benzene rings is 1. The molecule has 4 rings (SSSR count). The average Bonchev–Trinajstić information content (AvgIpc) is 3.16. The van der Waals surface area contributed by atoms with Crippen LogP contribution in [0.1, 0.15) is 21.1 Å². The number of para-hydroxylation sites is 2. The van der Waals surface area contributed by atoms with Gasteiger partial charge in [0.15, 0.2) is 4.96 Å². The third-order valence-electron chi connectivity index (χ3n) is 4.28. The Kier molecular flexibility index (Phi) is 4.04. The van der Waals surface area contributed by atoms with E-state index in [1.165, 1.54) is 21.9 Å². The molecule has 0 bridgehead atoms. The van der Waals surface area contributed by atoms with E-state index in [9.17, 15) is 9.59 Å². The van der Waals surface area contributed by atoms with Crippen LogP contribution in [-0.2, 0) is 13.5 Å². The second-order valence-electron chi connectivity index (χ2n) is 6.05. The number of hydrogen-bond acceptors (Lipinski definition) is 5. The summed E-state index contributed by atoms with van der Waals surface area (Å²) < 4.78 is 3.43. The molecule has 0 aliphatic rings. The van der Waals surface area contributed by atoms with Gasteiger partial charge in [0.1, 0.15) is 11.4 Å². The standard InChI is InChI=1S/C18H17N5O2S/c1-11-10-23-17(25)12(9-20-18(23)26-11)16(24)19-8-7-15-21-13-5-3-4-6-14(13)22(15)2/h3-6,9-10H,7-8H2,1-2H3,(H,19,24). The van der Waals surface area contributed by atoms with Gasteiger partial charge in [0.2, 0.25) is 0 Å². The Morgan fingerprint density at radius 3 is 2.92 bits per heavy atom. The van der Waals surface area contributed by atoms with E-state index in [4.69, 9.17) is 0 Å². The first-order valence-corrected chi connectivity index (χ1v) is 9.02. The van der Waals surface area contributed by atoms with Crippen molar-refractivity contribution in [2.45, 2.75) is 13.3 Å². The molecule has 0 saturated heterocycles. The Morgan fingerprint density at radius 1 is 1.31 bits per heavy atom. The van der Waals surface area contributed by atoms with Gasteiger partial charge in [-0.05, 0) is 19.1 Å². The molecular weight excluding hydrogens is 350 g/mol. The van der Waals surface area contributed by atoms with Gasteiger partial charge in [0.25, 0.3) is 11.5 Å². The molecule has 7 nitrogen and oxygen atoms in total. The maximum Gasteiger partial charge on any atom is 0.271 e. The van der Waals surface area contributed by atoms with Gasteiger partial charge >= 0.3 is 0 Å². The monoisotopic (exact) mass is 367 g/mol. The molecule has 0 atom stereocenters. The Hall–Kier alpha value is -3.00. The molecule has 132 valence electrons. The van der Waals surface area contributed by atoms with E-state index < -0.39 is 5.91 Å². The number of nitrogens with zero attached hydrogens (tertiary/aromatic N) is 4. The van der Waals surface area contributed by atoms with Crippen molar-refractivity contribution in [3.05, 3.63) is 63.3 Å². The quantitative estimate of drug-likeness (QED) is 0.598. The van der Waals surface area contributed by atoms with E-state index in [1.54, 1.807) is 6.20 Å². The molecule has 0 radical (unpaired) electrons. The van der Waals surface area contributed by atoms with E-state index in [2.05, 4.69) is 15.3 Å². The average molecular weight is 367 g/mol. The maximum atomic E-state index is 12.4. The first kappa shape index (κ1) is 16.5. The lowest BCUT2D eigenvalue weighted by Crippen LogP contribution is -2.32. The number of thiazole rings is 1. The fourth-order valence-corrected chi connectivity index (χ4v) is 3.74. The van der Waals surface area contributed by atoms with E-state index >= 15 is 0 Å². The number of carbonyl (C=O) groups excluding carboxylic acids is 1. The molecule has 1 amide bonds. The highest BCUT2D eigenvalue weighted by Gasteiger charge is 2.15. The van der Waals surface area contributed by atoms with Crippen LogP contribution in [0.25, 0.3) is 16.0 Å². The fourth-order valence-electron chi connectivity index (χ4n) is 2.95. The molecule has 4 aromatic rings.